The van der Waals surface area contributed by atoms with Crippen molar-refractivity contribution in [2.24, 2.45) is 5.92 Å². The van der Waals surface area contributed by atoms with Crippen LogP contribution in [0.25, 0.3) is 0 Å². The van der Waals surface area contributed by atoms with Crippen LogP contribution in [0.5, 0.6) is 0 Å². The highest BCUT2D eigenvalue weighted by Gasteiger charge is 2.09. The summed E-state index contributed by atoms with van der Waals surface area (Å²) in [5.74, 6) is 0.181. The predicted octanol–water partition coefficient (Wildman–Crippen LogP) is 3.73. The van der Waals surface area contributed by atoms with Crippen molar-refractivity contribution in [2.45, 2.75) is 46.2 Å². The van der Waals surface area contributed by atoms with Gasteiger partial charge >= 0.3 is 0 Å². The Hall–Kier alpha value is -0.330. The first kappa shape index (κ1) is 10.7. The van der Waals surface area contributed by atoms with Gasteiger partial charge < -0.3 is 0 Å². The maximum absolute atomic E-state index is 12.9. The van der Waals surface area contributed by atoms with Gasteiger partial charge in [0.05, 0.1) is 0 Å². The number of alkyl halides is 1. The Labute approximate surface area is 69.5 Å². The molecule has 0 aliphatic heterocycles. The highest BCUT2D eigenvalue weighted by atomic mass is 19.1. The van der Waals surface area contributed by atoms with Gasteiger partial charge in [-0.2, -0.15) is 0 Å². The fraction of sp³-hybridized carbons (Fsp3) is 0.800. The van der Waals surface area contributed by atoms with Crippen LogP contribution in [0.2, 0.25) is 0 Å². The molecule has 0 saturated heterocycles. The van der Waals surface area contributed by atoms with Crippen LogP contribution in [0.15, 0.2) is 12.2 Å². The Balaban J connectivity index is 3.24. The van der Waals surface area contributed by atoms with Crippen molar-refractivity contribution >= 4 is 0 Å². The third-order valence-corrected chi connectivity index (χ3v) is 1.81. The number of unbranched alkanes of at least 4 members (excludes halogenated alkanes) is 1. The number of hydrogen-bond acceptors (Lipinski definition) is 0. The molecule has 0 unspecified atom stereocenters. The summed E-state index contributed by atoms with van der Waals surface area (Å²) in [6.07, 6.45) is 6.20. The fourth-order valence-corrected chi connectivity index (χ4v) is 0.931. The van der Waals surface area contributed by atoms with Gasteiger partial charge in [0.1, 0.15) is 6.17 Å². The Morgan fingerprint density at radius 3 is 2.45 bits per heavy atom. The molecule has 0 aliphatic rings. The summed E-state index contributed by atoms with van der Waals surface area (Å²) < 4.78 is 12.9. The molecule has 0 aromatic carbocycles. The first-order valence-electron chi connectivity index (χ1n) is 4.43. The van der Waals surface area contributed by atoms with Gasteiger partial charge in [0.25, 0.3) is 0 Å². The molecule has 0 rings (SSSR count). The van der Waals surface area contributed by atoms with Crippen LogP contribution in [0.1, 0.15) is 40.0 Å². The smallest absolute Gasteiger partial charge is 0.102 e. The first-order chi connectivity index (χ1) is 5.18. The molecule has 1 atom stereocenters. The number of rotatable bonds is 5. The van der Waals surface area contributed by atoms with E-state index >= 15 is 0 Å². The molecular weight excluding hydrogens is 139 g/mol. The quantitative estimate of drug-likeness (QED) is 0.422. The maximum Gasteiger partial charge on any atom is 0.102 e. The van der Waals surface area contributed by atoms with Gasteiger partial charge in [-0.1, -0.05) is 26.0 Å². The zero-order chi connectivity index (χ0) is 8.69. The Morgan fingerprint density at radius 1 is 1.36 bits per heavy atom. The summed E-state index contributed by atoms with van der Waals surface area (Å²) in [6, 6.07) is 0. The summed E-state index contributed by atoms with van der Waals surface area (Å²) >= 11 is 0. The number of allylic oxidation sites excluding steroid dienone is 2. The molecule has 1 heteroatoms. The second kappa shape index (κ2) is 6.38. The van der Waals surface area contributed by atoms with Crippen molar-refractivity contribution < 1.29 is 4.39 Å². The van der Waals surface area contributed by atoms with E-state index in [1.165, 1.54) is 0 Å². The van der Waals surface area contributed by atoms with Gasteiger partial charge in [0.15, 0.2) is 0 Å². The molecule has 0 saturated carbocycles. The topological polar surface area (TPSA) is 0 Å². The van der Waals surface area contributed by atoms with Crippen molar-refractivity contribution in [1.29, 1.82) is 0 Å². The minimum Gasteiger partial charge on any atom is -0.247 e. The van der Waals surface area contributed by atoms with E-state index in [0.29, 0.717) is 6.42 Å². The molecule has 0 aliphatic carbocycles. The van der Waals surface area contributed by atoms with E-state index in [0.717, 1.165) is 12.8 Å². The van der Waals surface area contributed by atoms with E-state index < -0.39 is 6.17 Å². The monoisotopic (exact) mass is 158 g/mol. The third-order valence-electron chi connectivity index (χ3n) is 1.81. The normalized spacial score (nSPS) is 14.6. The first-order valence-corrected chi connectivity index (χ1v) is 4.43. The van der Waals surface area contributed by atoms with Gasteiger partial charge in [-0.3, -0.25) is 0 Å². The molecule has 11 heavy (non-hydrogen) atoms. The summed E-state index contributed by atoms with van der Waals surface area (Å²) in [4.78, 5) is 0. The summed E-state index contributed by atoms with van der Waals surface area (Å²) in [5, 5.41) is 0. The predicted molar refractivity (Wildman–Crippen MR) is 48.4 cm³/mol. The van der Waals surface area contributed by atoms with E-state index in [1.54, 1.807) is 0 Å². The van der Waals surface area contributed by atoms with Crippen molar-refractivity contribution in [1.82, 2.24) is 0 Å². The van der Waals surface area contributed by atoms with E-state index in [1.807, 2.05) is 26.8 Å². The lowest BCUT2D eigenvalue weighted by atomic mass is 10.0. The molecule has 66 valence electrons. The van der Waals surface area contributed by atoms with E-state index in [9.17, 15) is 4.39 Å². The molecule has 0 radical (unpaired) electrons. The average Bonchev–Trinajstić information content (AvgIpc) is 1.97. The lowest BCUT2D eigenvalue weighted by Crippen LogP contribution is -2.08. The molecule has 0 aromatic heterocycles. The lowest BCUT2D eigenvalue weighted by Gasteiger charge is -2.09. The Kier molecular flexibility index (Phi) is 6.19. The third kappa shape index (κ3) is 6.08. The van der Waals surface area contributed by atoms with Crippen LogP contribution in [-0.2, 0) is 0 Å². The van der Waals surface area contributed by atoms with E-state index in [4.69, 9.17) is 0 Å². The molecular formula is C10H19F. The summed E-state index contributed by atoms with van der Waals surface area (Å²) in [6.45, 7) is 5.86. The zero-order valence-electron chi connectivity index (χ0n) is 7.81. The molecule has 0 nitrogen and oxygen atoms in total. The number of halogens is 1. The van der Waals surface area contributed by atoms with E-state index in [2.05, 4.69) is 6.08 Å². The summed E-state index contributed by atoms with van der Waals surface area (Å²) in [7, 11) is 0. The standard InChI is InChI=1S/C10H19F/c1-4-5-6-7-8-10(11)9(2)3/h4-5,9-10H,6-8H2,1-3H3/b5-4-/t10-/m1/s1. The van der Waals surface area contributed by atoms with Gasteiger partial charge in [0, 0.05) is 0 Å². The average molecular weight is 158 g/mol. The van der Waals surface area contributed by atoms with Gasteiger partial charge in [-0.05, 0) is 32.1 Å². The SMILES string of the molecule is C/C=C\CCC[C@@H](F)C(C)C. The van der Waals surface area contributed by atoms with Gasteiger partial charge in [-0.25, -0.2) is 4.39 Å². The molecule has 0 heterocycles. The van der Waals surface area contributed by atoms with Gasteiger partial charge in [0.2, 0.25) is 0 Å². The van der Waals surface area contributed by atoms with Crippen molar-refractivity contribution in [3.63, 3.8) is 0 Å². The maximum atomic E-state index is 12.9. The Morgan fingerprint density at radius 2 is 2.00 bits per heavy atom. The molecule has 0 spiro atoms. The van der Waals surface area contributed by atoms with Gasteiger partial charge in [-0.15, -0.1) is 0 Å². The molecule has 0 N–H and O–H groups in total. The molecule has 0 aromatic rings. The van der Waals surface area contributed by atoms with Crippen LogP contribution < -0.4 is 0 Å². The largest absolute Gasteiger partial charge is 0.247 e. The summed E-state index contributed by atoms with van der Waals surface area (Å²) in [5.41, 5.74) is 0. The van der Waals surface area contributed by atoms with Crippen molar-refractivity contribution in [3.05, 3.63) is 12.2 Å². The Bertz CT molecular complexity index is 105. The lowest BCUT2D eigenvalue weighted by molar-refractivity contribution is 0.236. The fourth-order valence-electron chi connectivity index (χ4n) is 0.931. The number of hydrogen-bond donors (Lipinski definition) is 0. The highest BCUT2D eigenvalue weighted by molar-refractivity contribution is 4.77. The zero-order valence-corrected chi connectivity index (χ0v) is 7.81. The minimum absolute atomic E-state index is 0.181. The van der Waals surface area contributed by atoms with Crippen LogP contribution in [0.4, 0.5) is 4.39 Å². The highest BCUT2D eigenvalue weighted by Crippen LogP contribution is 2.13. The van der Waals surface area contributed by atoms with Crippen LogP contribution >= 0.6 is 0 Å². The van der Waals surface area contributed by atoms with Crippen molar-refractivity contribution in [3.8, 4) is 0 Å². The van der Waals surface area contributed by atoms with Crippen LogP contribution in [0.3, 0.4) is 0 Å². The van der Waals surface area contributed by atoms with Crippen LogP contribution in [0, 0.1) is 5.92 Å². The van der Waals surface area contributed by atoms with E-state index in [-0.39, 0.29) is 5.92 Å². The molecule has 0 bridgehead atoms. The second-order valence-electron chi connectivity index (χ2n) is 3.26. The molecule has 0 amide bonds. The minimum atomic E-state index is -0.611. The van der Waals surface area contributed by atoms with Crippen molar-refractivity contribution in [2.75, 3.05) is 0 Å². The van der Waals surface area contributed by atoms with Crippen LogP contribution in [-0.4, -0.2) is 6.17 Å². The second-order valence-corrected chi connectivity index (χ2v) is 3.26. The molecule has 0 fully saturated rings.